The third-order valence-corrected chi connectivity index (χ3v) is 4.58. The van der Waals surface area contributed by atoms with Crippen molar-refractivity contribution in [1.29, 1.82) is 0 Å². The zero-order valence-corrected chi connectivity index (χ0v) is 11.7. The predicted octanol–water partition coefficient (Wildman–Crippen LogP) is 1.23. The van der Waals surface area contributed by atoms with Crippen LogP contribution in [0.25, 0.3) is 0 Å². The van der Waals surface area contributed by atoms with Gasteiger partial charge in [0, 0.05) is 19.8 Å². The molecule has 0 bridgehead atoms. The number of carbonyl (C=O) groups is 1. The largest absolute Gasteiger partial charge is 0.392 e. The summed E-state index contributed by atoms with van der Waals surface area (Å²) < 4.78 is 5.30. The molecule has 2 fully saturated rings. The van der Waals surface area contributed by atoms with Crippen LogP contribution in [0.2, 0.25) is 0 Å². The first-order valence-corrected chi connectivity index (χ1v) is 7.11. The van der Waals surface area contributed by atoms with Crippen LogP contribution in [0, 0.1) is 17.3 Å². The monoisotopic (exact) mass is 270 g/mol. The lowest BCUT2D eigenvalue weighted by Crippen LogP contribution is -2.56. The van der Waals surface area contributed by atoms with Crippen LogP contribution >= 0.6 is 12.2 Å². The van der Waals surface area contributed by atoms with Crippen molar-refractivity contribution in [3.05, 3.63) is 0 Å². The molecule has 0 atom stereocenters. The van der Waals surface area contributed by atoms with E-state index in [1.54, 1.807) is 0 Å². The Morgan fingerprint density at radius 1 is 1.44 bits per heavy atom. The van der Waals surface area contributed by atoms with Crippen molar-refractivity contribution in [2.45, 2.75) is 32.6 Å². The summed E-state index contributed by atoms with van der Waals surface area (Å²) in [6.07, 6.45) is 3.64. The molecule has 1 aliphatic carbocycles. The van der Waals surface area contributed by atoms with Crippen LogP contribution in [0.15, 0.2) is 0 Å². The maximum atomic E-state index is 12.3. The van der Waals surface area contributed by atoms with Gasteiger partial charge in [0.05, 0.1) is 10.4 Å². The molecular formula is C13H22N2O2S. The summed E-state index contributed by atoms with van der Waals surface area (Å²) >= 11 is 5.08. The number of thiocarbonyl (C=S) groups is 1. The van der Waals surface area contributed by atoms with Crippen LogP contribution < -0.4 is 11.1 Å². The molecule has 3 N–H and O–H groups in total. The van der Waals surface area contributed by atoms with Crippen LogP contribution in [0.1, 0.15) is 32.6 Å². The van der Waals surface area contributed by atoms with Crippen LogP contribution in [-0.4, -0.2) is 30.7 Å². The first kappa shape index (κ1) is 13.7. The lowest BCUT2D eigenvalue weighted by atomic mass is 9.62. The number of amides is 1. The van der Waals surface area contributed by atoms with E-state index in [0.29, 0.717) is 16.8 Å². The number of hydrogen-bond donors (Lipinski definition) is 2. The second-order valence-electron chi connectivity index (χ2n) is 5.73. The van der Waals surface area contributed by atoms with Crippen molar-refractivity contribution in [3.63, 3.8) is 0 Å². The molecule has 1 aliphatic heterocycles. The molecule has 1 saturated heterocycles. The Hall–Kier alpha value is -0.680. The van der Waals surface area contributed by atoms with E-state index < -0.39 is 5.41 Å². The molecule has 0 aromatic rings. The minimum Gasteiger partial charge on any atom is -0.392 e. The first-order chi connectivity index (χ1) is 8.54. The summed E-state index contributed by atoms with van der Waals surface area (Å²) in [5.41, 5.74) is 5.19. The van der Waals surface area contributed by atoms with Crippen LogP contribution in [0.3, 0.4) is 0 Å². The molecule has 4 nitrogen and oxygen atoms in total. The Bertz CT molecular complexity index is 334. The van der Waals surface area contributed by atoms with Gasteiger partial charge < -0.3 is 15.8 Å². The third-order valence-electron chi connectivity index (χ3n) is 4.19. The lowest BCUT2D eigenvalue weighted by Gasteiger charge is -2.44. The highest BCUT2D eigenvalue weighted by Gasteiger charge is 2.50. The molecular weight excluding hydrogens is 248 g/mol. The van der Waals surface area contributed by atoms with Crippen molar-refractivity contribution >= 4 is 23.1 Å². The van der Waals surface area contributed by atoms with Gasteiger partial charge in [0.2, 0.25) is 5.91 Å². The van der Waals surface area contributed by atoms with Crippen molar-refractivity contribution in [2.24, 2.45) is 23.0 Å². The number of ether oxygens (including phenoxy) is 1. The fourth-order valence-corrected chi connectivity index (χ4v) is 3.24. The topological polar surface area (TPSA) is 64.3 Å². The molecule has 18 heavy (non-hydrogen) atoms. The van der Waals surface area contributed by atoms with Crippen molar-refractivity contribution in [3.8, 4) is 0 Å². The molecule has 0 unspecified atom stereocenters. The Labute approximate surface area is 114 Å². The highest BCUT2D eigenvalue weighted by atomic mass is 32.1. The molecule has 0 aromatic heterocycles. The van der Waals surface area contributed by atoms with Gasteiger partial charge in [-0.25, -0.2) is 0 Å². The average molecular weight is 270 g/mol. The molecule has 0 aromatic carbocycles. The Balaban J connectivity index is 1.84. The predicted molar refractivity (Wildman–Crippen MR) is 74.2 cm³/mol. The summed E-state index contributed by atoms with van der Waals surface area (Å²) in [5.74, 6) is 1.10. The van der Waals surface area contributed by atoms with Gasteiger partial charge in [-0.2, -0.15) is 0 Å². The van der Waals surface area contributed by atoms with Gasteiger partial charge in [-0.15, -0.1) is 0 Å². The van der Waals surface area contributed by atoms with E-state index in [1.165, 1.54) is 0 Å². The van der Waals surface area contributed by atoms with Gasteiger partial charge in [0.25, 0.3) is 0 Å². The molecule has 2 rings (SSSR count). The SMILES string of the molecule is CC1CC(C(=O)NCC2CCOCC2)(C(N)=S)C1. The summed E-state index contributed by atoms with van der Waals surface area (Å²) in [6, 6.07) is 0. The van der Waals surface area contributed by atoms with Crippen LogP contribution in [0.4, 0.5) is 0 Å². The quantitative estimate of drug-likeness (QED) is 0.754. The Morgan fingerprint density at radius 3 is 2.56 bits per heavy atom. The average Bonchev–Trinajstić information content (AvgIpc) is 2.32. The number of rotatable bonds is 4. The maximum absolute atomic E-state index is 12.3. The van der Waals surface area contributed by atoms with Crippen LogP contribution in [0.5, 0.6) is 0 Å². The molecule has 1 amide bonds. The van der Waals surface area contributed by atoms with Gasteiger partial charge in [0.15, 0.2) is 0 Å². The van der Waals surface area contributed by atoms with Crippen molar-refractivity contribution in [1.82, 2.24) is 5.32 Å². The zero-order chi connectivity index (χ0) is 13.2. The summed E-state index contributed by atoms with van der Waals surface area (Å²) in [6.45, 7) is 4.46. The standard InChI is InChI=1S/C13H22N2O2S/c1-9-6-13(7-9,11(14)18)12(16)15-8-10-2-4-17-5-3-10/h9-10H,2-8H2,1H3,(H2,14,18)(H,15,16). The van der Waals surface area contributed by atoms with Gasteiger partial charge in [0.1, 0.15) is 0 Å². The minimum atomic E-state index is -0.570. The summed E-state index contributed by atoms with van der Waals surface area (Å²) in [4.78, 5) is 12.6. The van der Waals surface area contributed by atoms with E-state index in [4.69, 9.17) is 22.7 Å². The highest BCUT2D eigenvalue weighted by molar-refractivity contribution is 7.80. The molecule has 2 aliphatic rings. The molecule has 0 radical (unpaired) electrons. The molecule has 102 valence electrons. The second-order valence-corrected chi connectivity index (χ2v) is 6.17. The molecule has 0 spiro atoms. The number of carbonyl (C=O) groups excluding carboxylic acids is 1. The Kier molecular flexibility index (Phi) is 4.22. The molecule has 5 heteroatoms. The minimum absolute atomic E-state index is 0.0274. The first-order valence-electron chi connectivity index (χ1n) is 6.70. The van der Waals surface area contributed by atoms with Gasteiger partial charge in [-0.1, -0.05) is 19.1 Å². The Morgan fingerprint density at radius 2 is 2.06 bits per heavy atom. The van der Waals surface area contributed by atoms with E-state index in [2.05, 4.69) is 12.2 Å². The van der Waals surface area contributed by atoms with Gasteiger partial charge in [-0.3, -0.25) is 4.79 Å². The maximum Gasteiger partial charge on any atom is 0.233 e. The summed E-state index contributed by atoms with van der Waals surface area (Å²) in [7, 11) is 0. The van der Waals surface area contributed by atoms with E-state index in [-0.39, 0.29) is 5.91 Å². The molecule has 1 saturated carbocycles. The van der Waals surface area contributed by atoms with E-state index in [9.17, 15) is 4.79 Å². The van der Waals surface area contributed by atoms with Gasteiger partial charge in [-0.05, 0) is 37.5 Å². The number of hydrogen-bond acceptors (Lipinski definition) is 3. The van der Waals surface area contributed by atoms with Gasteiger partial charge >= 0.3 is 0 Å². The van der Waals surface area contributed by atoms with E-state index in [0.717, 1.165) is 45.4 Å². The summed E-state index contributed by atoms with van der Waals surface area (Å²) in [5, 5.41) is 3.04. The molecule has 1 heterocycles. The zero-order valence-electron chi connectivity index (χ0n) is 10.9. The number of nitrogens with one attached hydrogen (secondary N) is 1. The van der Waals surface area contributed by atoms with E-state index in [1.807, 2.05) is 0 Å². The smallest absolute Gasteiger partial charge is 0.233 e. The van der Waals surface area contributed by atoms with Crippen molar-refractivity contribution < 1.29 is 9.53 Å². The fraction of sp³-hybridized carbons (Fsp3) is 0.846. The fourth-order valence-electron chi connectivity index (χ4n) is 2.99. The normalized spacial score (nSPS) is 32.6. The van der Waals surface area contributed by atoms with Crippen LogP contribution in [-0.2, 0) is 9.53 Å². The number of nitrogens with two attached hydrogens (primary N) is 1. The van der Waals surface area contributed by atoms with E-state index >= 15 is 0 Å². The third kappa shape index (κ3) is 2.67. The van der Waals surface area contributed by atoms with Crippen molar-refractivity contribution in [2.75, 3.05) is 19.8 Å². The highest BCUT2D eigenvalue weighted by Crippen LogP contribution is 2.45. The second kappa shape index (κ2) is 5.53. The lowest BCUT2D eigenvalue weighted by molar-refractivity contribution is -0.133.